The Kier molecular flexibility index (Phi) is 8.53. The molecule has 0 saturated carbocycles. The van der Waals surface area contributed by atoms with Crippen LogP contribution in [-0.2, 0) is 11.3 Å². The lowest BCUT2D eigenvalue weighted by Crippen LogP contribution is -2.49. The molecule has 0 spiro atoms. The predicted molar refractivity (Wildman–Crippen MR) is 150 cm³/mol. The van der Waals surface area contributed by atoms with Crippen molar-refractivity contribution in [1.82, 2.24) is 9.80 Å². The van der Waals surface area contributed by atoms with Crippen LogP contribution in [0.1, 0.15) is 51.6 Å². The Morgan fingerprint density at radius 1 is 0.821 bits per heavy atom. The highest BCUT2D eigenvalue weighted by atomic mass is 16.5. The summed E-state index contributed by atoms with van der Waals surface area (Å²) in [5.41, 5.74) is 5.12. The molecule has 2 aliphatic heterocycles. The number of carbonyl (C=O) groups is 1. The molecule has 0 aromatic heterocycles. The van der Waals surface area contributed by atoms with E-state index in [1.165, 1.54) is 18.5 Å². The van der Waals surface area contributed by atoms with Crippen LogP contribution >= 0.6 is 0 Å². The number of nitriles is 2. The van der Waals surface area contributed by atoms with Gasteiger partial charge in [-0.3, -0.25) is 9.69 Å². The Morgan fingerprint density at radius 3 is 2.26 bits per heavy atom. The number of anilines is 1. The minimum atomic E-state index is -0.127. The second-order valence-corrected chi connectivity index (χ2v) is 10.2. The smallest absolute Gasteiger partial charge is 0.253 e. The van der Waals surface area contributed by atoms with Crippen LogP contribution in [0, 0.1) is 22.7 Å². The molecule has 7 heteroatoms. The van der Waals surface area contributed by atoms with Gasteiger partial charge in [0.2, 0.25) is 0 Å². The Morgan fingerprint density at radius 2 is 1.54 bits per heavy atom. The molecule has 0 radical (unpaired) electrons. The van der Waals surface area contributed by atoms with E-state index in [2.05, 4.69) is 46.2 Å². The van der Waals surface area contributed by atoms with Crippen molar-refractivity contribution in [3.63, 3.8) is 0 Å². The first kappa shape index (κ1) is 26.4. The minimum absolute atomic E-state index is 0.0290. The van der Waals surface area contributed by atoms with Gasteiger partial charge in [-0.1, -0.05) is 30.3 Å². The van der Waals surface area contributed by atoms with Gasteiger partial charge in [-0.2, -0.15) is 10.5 Å². The number of carbonyl (C=O) groups excluding carboxylic acids is 1. The van der Waals surface area contributed by atoms with Gasteiger partial charge < -0.3 is 14.5 Å². The first-order valence-electron chi connectivity index (χ1n) is 13.6. The van der Waals surface area contributed by atoms with E-state index in [-0.39, 0.29) is 12.0 Å². The van der Waals surface area contributed by atoms with Crippen LogP contribution in [0.5, 0.6) is 0 Å². The molecule has 198 valence electrons. The summed E-state index contributed by atoms with van der Waals surface area (Å²) < 4.78 is 6.52. The third-order valence-electron chi connectivity index (χ3n) is 7.57. The molecule has 1 atom stereocenters. The fraction of sp³-hybridized carbons (Fsp3) is 0.344. The lowest BCUT2D eigenvalue weighted by atomic mass is 10.1. The summed E-state index contributed by atoms with van der Waals surface area (Å²) in [7, 11) is 0. The molecule has 2 saturated heterocycles. The lowest BCUT2D eigenvalue weighted by molar-refractivity contribution is 0.00344. The van der Waals surface area contributed by atoms with Gasteiger partial charge in [-0.15, -0.1) is 0 Å². The average Bonchev–Trinajstić information content (AvgIpc) is 3.55. The van der Waals surface area contributed by atoms with Crippen molar-refractivity contribution in [2.75, 3.05) is 50.7 Å². The van der Waals surface area contributed by atoms with Crippen molar-refractivity contribution >= 4 is 11.6 Å². The van der Waals surface area contributed by atoms with Gasteiger partial charge in [0.1, 0.15) is 0 Å². The van der Waals surface area contributed by atoms with E-state index < -0.39 is 0 Å². The highest BCUT2D eigenvalue weighted by molar-refractivity contribution is 5.94. The van der Waals surface area contributed by atoms with Gasteiger partial charge in [0, 0.05) is 57.1 Å². The number of piperazine rings is 1. The monoisotopic (exact) mass is 519 g/mol. The summed E-state index contributed by atoms with van der Waals surface area (Å²) in [6.45, 7) is 6.14. The zero-order valence-corrected chi connectivity index (χ0v) is 22.1. The summed E-state index contributed by atoms with van der Waals surface area (Å²) in [6, 6.07) is 27.4. The van der Waals surface area contributed by atoms with E-state index in [9.17, 15) is 10.1 Å². The molecule has 7 nitrogen and oxygen atoms in total. The van der Waals surface area contributed by atoms with E-state index in [1.807, 2.05) is 29.2 Å². The van der Waals surface area contributed by atoms with E-state index in [4.69, 9.17) is 10.00 Å². The Labute approximate surface area is 230 Å². The standard InChI is InChI=1S/C32H33N5O2/c33-21-25-9-11-26(12-10-25)24-39-31(28-6-4-8-30(20-28)36-13-1-2-14-36)23-35-15-17-37(18-16-35)32(38)29-7-3-5-27(19-29)22-34/h3-12,19-20,31H,1-2,13-18,23-24H2/t31-/m1/s1. The zero-order chi connectivity index (χ0) is 27.0. The van der Waals surface area contributed by atoms with E-state index in [1.54, 1.807) is 24.3 Å². The Hall–Kier alpha value is -4.17. The maximum atomic E-state index is 13.0. The van der Waals surface area contributed by atoms with Crippen molar-refractivity contribution < 1.29 is 9.53 Å². The SMILES string of the molecule is N#Cc1ccc(CO[C@H](CN2CCN(C(=O)c3cccc(C#N)c3)CC2)c2cccc(N3CCCC3)c2)cc1. The molecule has 39 heavy (non-hydrogen) atoms. The largest absolute Gasteiger partial charge is 0.372 e. The highest BCUT2D eigenvalue weighted by Crippen LogP contribution is 2.28. The number of ether oxygens (including phenoxy) is 1. The average molecular weight is 520 g/mol. The Bertz CT molecular complexity index is 1360. The molecule has 3 aromatic carbocycles. The van der Waals surface area contributed by atoms with Crippen molar-refractivity contribution in [3.8, 4) is 12.1 Å². The van der Waals surface area contributed by atoms with Crippen molar-refractivity contribution in [1.29, 1.82) is 10.5 Å². The third kappa shape index (κ3) is 6.64. The maximum absolute atomic E-state index is 13.0. The van der Waals surface area contributed by atoms with Gasteiger partial charge in [-0.05, 0) is 66.4 Å². The molecule has 1 amide bonds. The summed E-state index contributed by atoms with van der Waals surface area (Å²) in [5, 5.41) is 18.3. The third-order valence-corrected chi connectivity index (χ3v) is 7.57. The van der Waals surface area contributed by atoms with Crippen molar-refractivity contribution in [2.45, 2.75) is 25.6 Å². The molecular weight excluding hydrogens is 486 g/mol. The fourth-order valence-electron chi connectivity index (χ4n) is 5.30. The summed E-state index contributed by atoms with van der Waals surface area (Å²) in [5.74, 6) is -0.0290. The van der Waals surface area contributed by atoms with Gasteiger partial charge in [0.15, 0.2) is 0 Å². The number of hydrogen-bond acceptors (Lipinski definition) is 6. The summed E-state index contributed by atoms with van der Waals surface area (Å²) in [4.78, 5) is 19.7. The summed E-state index contributed by atoms with van der Waals surface area (Å²) >= 11 is 0. The number of hydrogen-bond donors (Lipinski definition) is 0. The van der Waals surface area contributed by atoms with Crippen LogP contribution in [0.15, 0.2) is 72.8 Å². The van der Waals surface area contributed by atoms with Gasteiger partial charge in [0.25, 0.3) is 5.91 Å². The second-order valence-electron chi connectivity index (χ2n) is 10.2. The van der Waals surface area contributed by atoms with Crippen molar-refractivity contribution in [3.05, 3.63) is 101 Å². The van der Waals surface area contributed by atoms with Crippen LogP contribution in [-0.4, -0.2) is 61.5 Å². The first-order valence-corrected chi connectivity index (χ1v) is 13.6. The molecule has 5 rings (SSSR count). The maximum Gasteiger partial charge on any atom is 0.253 e. The molecule has 0 unspecified atom stereocenters. The van der Waals surface area contributed by atoms with E-state index >= 15 is 0 Å². The molecule has 0 N–H and O–H groups in total. The van der Waals surface area contributed by atoms with E-state index in [0.717, 1.165) is 43.9 Å². The molecule has 3 aromatic rings. The molecule has 2 aliphatic rings. The predicted octanol–water partition coefficient (Wildman–Crippen LogP) is 4.75. The van der Waals surface area contributed by atoms with Gasteiger partial charge in [-0.25, -0.2) is 0 Å². The molecular formula is C32H33N5O2. The van der Waals surface area contributed by atoms with E-state index in [0.29, 0.717) is 36.4 Å². The number of benzene rings is 3. The minimum Gasteiger partial charge on any atom is -0.372 e. The first-order chi connectivity index (χ1) is 19.1. The topological polar surface area (TPSA) is 83.6 Å². The fourth-order valence-corrected chi connectivity index (χ4v) is 5.30. The van der Waals surface area contributed by atoms with Gasteiger partial charge in [0.05, 0.1) is 36.0 Å². The summed E-state index contributed by atoms with van der Waals surface area (Å²) in [6.07, 6.45) is 2.33. The number of amides is 1. The zero-order valence-electron chi connectivity index (χ0n) is 22.1. The Balaban J connectivity index is 1.26. The molecule has 2 heterocycles. The molecule has 2 fully saturated rings. The molecule has 0 bridgehead atoms. The van der Waals surface area contributed by atoms with Crippen LogP contribution in [0.3, 0.4) is 0 Å². The van der Waals surface area contributed by atoms with Crippen LogP contribution < -0.4 is 4.90 Å². The highest BCUT2D eigenvalue weighted by Gasteiger charge is 2.25. The van der Waals surface area contributed by atoms with Crippen molar-refractivity contribution in [2.24, 2.45) is 0 Å². The van der Waals surface area contributed by atoms with Gasteiger partial charge >= 0.3 is 0 Å². The quantitative estimate of drug-likeness (QED) is 0.427. The number of rotatable bonds is 8. The molecule has 0 aliphatic carbocycles. The van der Waals surface area contributed by atoms with Crippen LogP contribution in [0.2, 0.25) is 0 Å². The lowest BCUT2D eigenvalue weighted by Gasteiger charge is -2.36. The number of nitrogens with zero attached hydrogens (tertiary/aromatic N) is 5. The normalized spacial score (nSPS) is 16.5. The van der Waals surface area contributed by atoms with Crippen LogP contribution in [0.25, 0.3) is 0 Å². The van der Waals surface area contributed by atoms with Crippen LogP contribution in [0.4, 0.5) is 5.69 Å². The second kappa shape index (κ2) is 12.6.